The number of aryl methyl sites for hydroxylation is 1. The zero-order chi connectivity index (χ0) is 18.8. The Kier molecular flexibility index (Phi) is 4.94. The molecule has 1 N–H and O–H groups in total. The van der Waals surface area contributed by atoms with E-state index in [2.05, 4.69) is 28.2 Å². The molecular formula is C20H22N4O2S. The largest absolute Gasteiger partial charge is 0.494 e. The van der Waals surface area contributed by atoms with E-state index in [1.54, 1.807) is 30.7 Å². The summed E-state index contributed by atoms with van der Waals surface area (Å²) >= 11 is 1.71. The average molecular weight is 382 g/mol. The summed E-state index contributed by atoms with van der Waals surface area (Å²) in [5.74, 6) is 0.713. The number of hydrogen-bond donors (Lipinski definition) is 1. The van der Waals surface area contributed by atoms with Crippen LogP contribution in [0.5, 0.6) is 5.75 Å². The first-order valence-corrected chi connectivity index (χ1v) is 9.88. The number of rotatable bonds is 4. The molecule has 3 aromatic rings. The summed E-state index contributed by atoms with van der Waals surface area (Å²) in [5, 5.41) is 4.12. The summed E-state index contributed by atoms with van der Waals surface area (Å²) in [5.41, 5.74) is 2.61. The number of methoxy groups -OCH3 is 1. The molecule has 0 atom stereocenters. The van der Waals surface area contributed by atoms with Gasteiger partial charge >= 0.3 is 0 Å². The molecule has 0 bridgehead atoms. The van der Waals surface area contributed by atoms with E-state index in [0.29, 0.717) is 5.69 Å². The van der Waals surface area contributed by atoms with Crippen molar-refractivity contribution in [1.29, 1.82) is 0 Å². The first kappa shape index (κ1) is 17.7. The number of hydrogen-bond acceptors (Lipinski definition) is 6. The highest BCUT2D eigenvalue weighted by molar-refractivity contribution is 7.22. The Hall–Kier alpha value is -2.67. The number of carbonyl (C=O) groups excluding carboxylic acids is 1. The van der Waals surface area contributed by atoms with Crippen molar-refractivity contribution >= 4 is 32.6 Å². The van der Waals surface area contributed by atoms with Crippen molar-refractivity contribution < 1.29 is 9.53 Å². The number of anilines is 1. The molecule has 6 nitrogen and oxygen atoms in total. The number of thiazole rings is 1. The van der Waals surface area contributed by atoms with Gasteiger partial charge in [-0.25, -0.2) is 4.98 Å². The van der Waals surface area contributed by atoms with E-state index in [1.165, 1.54) is 10.3 Å². The van der Waals surface area contributed by atoms with Crippen molar-refractivity contribution in [2.75, 3.05) is 25.1 Å². The number of fused-ring (bicyclic) bond motifs is 1. The van der Waals surface area contributed by atoms with E-state index in [-0.39, 0.29) is 11.9 Å². The summed E-state index contributed by atoms with van der Waals surface area (Å²) in [6.07, 6.45) is 3.43. The third-order valence-electron chi connectivity index (χ3n) is 4.91. The number of piperidine rings is 1. The molecule has 3 heterocycles. The Balaban J connectivity index is 1.43. The second-order valence-corrected chi connectivity index (χ2v) is 7.69. The van der Waals surface area contributed by atoms with Gasteiger partial charge in [0.25, 0.3) is 5.91 Å². The van der Waals surface area contributed by atoms with Crippen LogP contribution in [-0.4, -0.2) is 42.1 Å². The van der Waals surface area contributed by atoms with Gasteiger partial charge in [-0.2, -0.15) is 0 Å². The Bertz CT molecular complexity index is 949. The summed E-state index contributed by atoms with van der Waals surface area (Å²) < 4.78 is 6.63. The molecule has 0 radical (unpaired) electrons. The number of pyridine rings is 1. The van der Waals surface area contributed by atoms with Gasteiger partial charge in [0.2, 0.25) is 0 Å². The van der Waals surface area contributed by atoms with Gasteiger partial charge in [0.15, 0.2) is 5.13 Å². The summed E-state index contributed by atoms with van der Waals surface area (Å²) in [6.45, 7) is 3.84. The fourth-order valence-corrected chi connectivity index (χ4v) is 4.47. The smallest absolute Gasteiger partial charge is 0.270 e. The number of nitrogens with one attached hydrogen (secondary N) is 1. The molecule has 0 aliphatic carbocycles. The number of nitrogens with zero attached hydrogens (tertiary/aromatic N) is 3. The number of ether oxygens (including phenoxy) is 1. The van der Waals surface area contributed by atoms with Crippen molar-refractivity contribution in [3.63, 3.8) is 0 Å². The maximum Gasteiger partial charge on any atom is 0.270 e. The Morgan fingerprint density at radius 2 is 2.07 bits per heavy atom. The number of amides is 1. The van der Waals surface area contributed by atoms with E-state index in [4.69, 9.17) is 9.72 Å². The fraction of sp³-hybridized carbons (Fsp3) is 0.350. The number of aromatic nitrogens is 2. The number of benzene rings is 1. The first-order valence-electron chi connectivity index (χ1n) is 9.06. The highest BCUT2D eigenvalue weighted by atomic mass is 32.1. The maximum absolute atomic E-state index is 12.3. The minimum absolute atomic E-state index is 0.102. The van der Waals surface area contributed by atoms with Gasteiger partial charge in [-0.3, -0.25) is 9.78 Å². The topological polar surface area (TPSA) is 67.3 Å². The molecule has 1 fully saturated rings. The van der Waals surface area contributed by atoms with E-state index in [9.17, 15) is 4.79 Å². The van der Waals surface area contributed by atoms with Crippen LogP contribution in [0.1, 0.15) is 28.9 Å². The molecule has 1 aliphatic heterocycles. The molecule has 0 spiro atoms. The minimum Gasteiger partial charge on any atom is -0.494 e. The van der Waals surface area contributed by atoms with E-state index in [1.807, 2.05) is 18.2 Å². The molecular weight excluding hydrogens is 360 g/mol. The van der Waals surface area contributed by atoms with E-state index < -0.39 is 0 Å². The second kappa shape index (κ2) is 7.52. The fourth-order valence-electron chi connectivity index (χ4n) is 3.37. The molecule has 1 aromatic carbocycles. The van der Waals surface area contributed by atoms with Crippen LogP contribution in [0.2, 0.25) is 0 Å². The normalized spacial score (nSPS) is 15.1. The third-order valence-corrected chi connectivity index (χ3v) is 6.16. The molecule has 7 heteroatoms. The van der Waals surface area contributed by atoms with Crippen molar-refractivity contribution in [1.82, 2.24) is 15.3 Å². The van der Waals surface area contributed by atoms with Gasteiger partial charge in [0.1, 0.15) is 17.0 Å². The van der Waals surface area contributed by atoms with Crippen LogP contribution in [0.15, 0.2) is 36.5 Å². The monoisotopic (exact) mass is 382 g/mol. The van der Waals surface area contributed by atoms with Crippen molar-refractivity contribution in [2.45, 2.75) is 25.8 Å². The molecule has 140 valence electrons. The second-order valence-electron chi connectivity index (χ2n) is 6.71. The molecule has 0 unspecified atom stereocenters. The summed E-state index contributed by atoms with van der Waals surface area (Å²) in [6, 6.07) is 9.59. The van der Waals surface area contributed by atoms with Crippen LogP contribution in [0.4, 0.5) is 5.13 Å². The van der Waals surface area contributed by atoms with Gasteiger partial charge in [-0.15, -0.1) is 0 Å². The van der Waals surface area contributed by atoms with Crippen LogP contribution in [0.25, 0.3) is 10.2 Å². The van der Waals surface area contributed by atoms with Crippen LogP contribution >= 0.6 is 11.3 Å². The quantitative estimate of drug-likeness (QED) is 0.749. The highest BCUT2D eigenvalue weighted by Gasteiger charge is 2.24. The zero-order valence-electron chi connectivity index (χ0n) is 15.4. The van der Waals surface area contributed by atoms with Crippen molar-refractivity contribution in [2.24, 2.45) is 0 Å². The lowest BCUT2D eigenvalue weighted by atomic mass is 10.1. The van der Waals surface area contributed by atoms with Gasteiger partial charge in [-0.05, 0) is 43.5 Å². The molecule has 0 saturated carbocycles. The average Bonchev–Trinajstić information content (AvgIpc) is 3.16. The van der Waals surface area contributed by atoms with Crippen molar-refractivity contribution in [3.05, 3.63) is 47.8 Å². The zero-order valence-corrected chi connectivity index (χ0v) is 16.3. The SMILES string of the molecule is COc1ccc(C)c2sc(N3CCC(NC(=O)c4ccccn4)CC3)nc12. The third kappa shape index (κ3) is 3.60. The van der Waals surface area contributed by atoms with Gasteiger partial charge in [0.05, 0.1) is 11.8 Å². The molecule has 4 rings (SSSR count). The Labute approximate surface area is 162 Å². The van der Waals surface area contributed by atoms with E-state index >= 15 is 0 Å². The molecule has 1 aliphatic rings. The minimum atomic E-state index is -0.102. The van der Waals surface area contributed by atoms with Crippen LogP contribution in [0, 0.1) is 6.92 Å². The summed E-state index contributed by atoms with van der Waals surface area (Å²) in [7, 11) is 1.68. The summed E-state index contributed by atoms with van der Waals surface area (Å²) in [4.78, 5) is 23.5. The Morgan fingerprint density at radius 1 is 1.26 bits per heavy atom. The molecule has 2 aromatic heterocycles. The standard InChI is InChI=1S/C20H22N4O2S/c1-13-6-7-16(26-2)17-18(13)27-20(23-17)24-11-8-14(9-12-24)22-19(25)15-5-3-4-10-21-15/h3-7,10,14H,8-9,11-12H2,1-2H3,(H,22,25). The predicted octanol–water partition coefficient (Wildman–Crippen LogP) is 3.41. The first-order chi connectivity index (χ1) is 13.2. The van der Waals surface area contributed by atoms with Crippen LogP contribution in [-0.2, 0) is 0 Å². The van der Waals surface area contributed by atoms with Crippen LogP contribution < -0.4 is 15.0 Å². The highest BCUT2D eigenvalue weighted by Crippen LogP contribution is 2.37. The van der Waals surface area contributed by atoms with Gasteiger partial charge in [-0.1, -0.05) is 23.5 Å². The molecule has 27 heavy (non-hydrogen) atoms. The van der Waals surface area contributed by atoms with Crippen molar-refractivity contribution in [3.8, 4) is 5.75 Å². The lowest BCUT2D eigenvalue weighted by molar-refractivity contribution is 0.0926. The van der Waals surface area contributed by atoms with Crippen LogP contribution in [0.3, 0.4) is 0 Å². The number of carbonyl (C=O) groups is 1. The lowest BCUT2D eigenvalue weighted by Crippen LogP contribution is -2.44. The lowest BCUT2D eigenvalue weighted by Gasteiger charge is -2.32. The van der Waals surface area contributed by atoms with Gasteiger partial charge in [0, 0.05) is 25.3 Å². The Morgan fingerprint density at radius 3 is 2.78 bits per heavy atom. The van der Waals surface area contributed by atoms with Gasteiger partial charge < -0.3 is 15.0 Å². The van der Waals surface area contributed by atoms with E-state index in [0.717, 1.165) is 42.3 Å². The maximum atomic E-state index is 12.3. The molecule has 1 amide bonds. The molecule has 1 saturated heterocycles. The predicted molar refractivity (Wildman–Crippen MR) is 108 cm³/mol.